The third-order valence-corrected chi connectivity index (χ3v) is 3.28. The molecule has 0 aromatic heterocycles. The molecule has 1 nitrogen and oxygen atoms in total. The molecule has 78 valence electrons. The van der Waals surface area contributed by atoms with Crippen molar-refractivity contribution in [3.05, 3.63) is 0 Å². The summed E-state index contributed by atoms with van der Waals surface area (Å²) in [6.07, 6.45) is 6.30. The van der Waals surface area contributed by atoms with Crippen molar-refractivity contribution in [3.63, 3.8) is 0 Å². The first-order valence-electron chi connectivity index (χ1n) is 5.42. The molecule has 13 heavy (non-hydrogen) atoms. The molecule has 0 radical (unpaired) electrons. The van der Waals surface area contributed by atoms with Gasteiger partial charge in [-0.3, -0.25) is 0 Å². The van der Waals surface area contributed by atoms with Gasteiger partial charge in [0, 0.05) is 13.6 Å². The van der Waals surface area contributed by atoms with E-state index in [9.17, 15) is 4.48 Å². The summed E-state index contributed by atoms with van der Waals surface area (Å²) in [5, 5.41) is 0.804. The van der Waals surface area contributed by atoms with Crippen LogP contribution in [0.25, 0.3) is 0 Å². The lowest BCUT2D eigenvalue weighted by atomic mass is 9.60. The zero-order valence-electron chi connectivity index (χ0n) is 9.15. The summed E-state index contributed by atoms with van der Waals surface area (Å²) in [5.74, 6) is 0.930. The van der Waals surface area contributed by atoms with Crippen LogP contribution in [0.1, 0.15) is 46.0 Å². The zero-order valence-corrected chi connectivity index (χ0v) is 9.15. The summed E-state index contributed by atoms with van der Waals surface area (Å²) in [4.78, 5) is 0. The van der Waals surface area contributed by atoms with Gasteiger partial charge in [0.05, 0.1) is 0 Å². The highest BCUT2D eigenvalue weighted by Gasteiger charge is 2.38. The summed E-state index contributed by atoms with van der Waals surface area (Å²) >= 11 is 0. The van der Waals surface area contributed by atoms with Gasteiger partial charge in [-0.25, -0.2) is 0 Å². The van der Waals surface area contributed by atoms with Crippen molar-refractivity contribution >= 4 is 0 Å². The van der Waals surface area contributed by atoms with Gasteiger partial charge in [-0.15, -0.1) is 9.60 Å². The summed E-state index contributed by atoms with van der Waals surface area (Å²) in [6.45, 7) is 5.13. The van der Waals surface area contributed by atoms with E-state index in [1.165, 1.54) is 32.7 Å². The Morgan fingerprint density at radius 1 is 1.46 bits per heavy atom. The van der Waals surface area contributed by atoms with Crippen LogP contribution >= 0.6 is 0 Å². The fourth-order valence-corrected chi connectivity index (χ4v) is 2.57. The summed E-state index contributed by atoms with van der Waals surface area (Å²) < 4.78 is 12.5. The van der Waals surface area contributed by atoms with Gasteiger partial charge in [0.2, 0.25) is 0 Å². The Hall–Kier alpha value is -0.110. The molecule has 0 spiro atoms. The molecule has 0 N–H and O–H groups in total. The van der Waals surface area contributed by atoms with E-state index in [0.29, 0.717) is 12.0 Å². The highest BCUT2D eigenvalue weighted by atomic mass is 19.2. The van der Waals surface area contributed by atoms with Crippen molar-refractivity contribution in [3.8, 4) is 0 Å². The normalized spacial score (nSPS) is 33.5. The molecular formula is C11H22FN. The largest absolute Gasteiger partial charge is 0.149 e. The van der Waals surface area contributed by atoms with E-state index in [2.05, 4.69) is 13.8 Å². The van der Waals surface area contributed by atoms with Crippen LogP contribution in [0.5, 0.6) is 0 Å². The Morgan fingerprint density at radius 2 is 2.08 bits per heavy atom. The van der Waals surface area contributed by atoms with Crippen LogP contribution in [-0.2, 0) is 0 Å². The van der Waals surface area contributed by atoms with E-state index in [1.54, 1.807) is 0 Å². The Kier molecular flexibility index (Phi) is 3.72. The maximum Gasteiger partial charge on any atom is 0.0292 e. The Morgan fingerprint density at radius 3 is 2.54 bits per heavy atom. The Balaban J connectivity index is 2.14. The highest BCUT2D eigenvalue weighted by Crippen LogP contribution is 2.49. The number of hydrogen-bond acceptors (Lipinski definition) is 1. The van der Waals surface area contributed by atoms with Crippen LogP contribution in [0.15, 0.2) is 0 Å². The van der Waals surface area contributed by atoms with E-state index in [0.717, 1.165) is 17.5 Å². The predicted octanol–water partition coefficient (Wildman–Crippen LogP) is 3.41. The number of halogens is 1. The van der Waals surface area contributed by atoms with Crippen molar-refractivity contribution in [2.45, 2.75) is 46.0 Å². The van der Waals surface area contributed by atoms with E-state index < -0.39 is 0 Å². The third kappa shape index (κ3) is 3.26. The van der Waals surface area contributed by atoms with Gasteiger partial charge in [-0.2, -0.15) is 0 Å². The van der Waals surface area contributed by atoms with Crippen LogP contribution in [0, 0.1) is 11.3 Å². The molecule has 1 saturated carbocycles. The maximum absolute atomic E-state index is 12.5. The first-order valence-corrected chi connectivity index (χ1v) is 5.42. The average molecular weight is 187 g/mol. The number of hydrogen-bond donors (Lipinski definition) is 0. The molecule has 1 rings (SSSR count). The van der Waals surface area contributed by atoms with E-state index in [1.807, 2.05) is 0 Å². The smallest absolute Gasteiger partial charge is 0.0292 e. The van der Waals surface area contributed by atoms with Crippen molar-refractivity contribution in [2.24, 2.45) is 11.3 Å². The standard InChI is InChI=1S/C11H22FN/c1-4-5-10-8-11(2,9-10)6-7-13(3)12/h10H,4-9H2,1-3H3. The molecule has 1 aliphatic rings. The van der Waals surface area contributed by atoms with Crippen molar-refractivity contribution in [1.82, 2.24) is 5.12 Å². The highest BCUT2D eigenvalue weighted by molar-refractivity contribution is 4.90. The van der Waals surface area contributed by atoms with Gasteiger partial charge in [0.25, 0.3) is 0 Å². The van der Waals surface area contributed by atoms with Crippen molar-refractivity contribution < 1.29 is 4.48 Å². The van der Waals surface area contributed by atoms with Crippen LogP contribution in [0.2, 0.25) is 0 Å². The Bertz CT molecular complexity index is 150. The van der Waals surface area contributed by atoms with Crippen LogP contribution in [0.4, 0.5) is 4.48 Å². The Labute approximate surface area is 81.2 Å². The second-order valence-electron chi connectivity index (χ2n) is 4.95. The molecule has 1 fully saturated rings. The predicted molar refractivity (Wildman–Crippen MR) is 54.1 cm³/mol. The number of rotatable bonds is 5. The minimum Gasteiger partial charge on any atom is -0.149 e. The molecule has 0 atom stereocenters. The van der Waals surface area contributed by atoms with E-state index in [4.69, 9.17) is 0 Å². The minimum atomic E-state index is 0.445. The second kappa shape index (κ2) is 4.41. The first kappa shape index (κ1) is 11.0. The van der Waals surface area contributed by atoms with Crippen LogP contribution in [0.3, 0.4) is 0 Å². The lowest BCUT2D eigenvalue weighted by Crippen LogP contribution is -2.36. The lowest BCUT2D eigenvalue weighted by Gasteiger charge is -2.46. The SMILES string of the molecule is CCCC1CC(C)(CCN(C)F)C1. The summed E-state index contributed by atoms with van der Waals surface area (Å²) in [7, 11) is 1.51. The molecule has 0 amide bonds. The molecule has 0 aliphatic heterocycles. The topological polar surface area (TPSA) is 3.24 Å². The molecule has 0 heterocycles. The fraction of sp³-hybridized carbons (Fsp3) is 1.00. The average Bonchev–Trinajstić information content (AvgIpc) is 1.99. The van der Waals surface area contributed by atoms with Gasteiger partial charge in [0.1, 0.15) is 0 Å². The monoisotopic (exact) mass is 187 g/mol. The molecular weight excluding hydrogens is 165 g/mol. The van der Waals surface area contributed by atoms with Crippen LogP contribution < -0.4 is 0 Å². The quantitative estimate of drug-likeness (QED) is 0.596. The minimum absolute atomic E-state index is 0.445. The van der Waals surface area contributed by atoms with Crippen molar-refractivity contribution in [2.75, 3.05) is 13.6 Å². The molecule has 0 unspecified atom stereocenters. The summed E-state index contributed by atoms with van der Waals surface area (Å²) in [6, 6.07) is 0. The first-order chi connectivity index (χ1) is 6.06. The van der Waals surface area contributed by atoms with Gasteiger partial charge in [-0.1, -0.05) is 26.7 Å². The molecule has 2 heteroatoms. The van der Waals surface area contributed by atoms with Gasteiger partial charge >= 0.3 is 0 Å². The van der Waals surface area contributed by atoms with Crippen molar-refractivity contribution in [1.29, 1.82) is 0 Å². The molecule has 0 saturated heterocycles. The van der Waals surface area contributed by atoms with E-state index in [-0.39, 0.29) is 0 Å². The molecule has 1 aliphatic carbocycles. The molecule has 0 aromatic carbocycles. The van der Waals surface area contributed by atoms with Gasteiger partial charge < -0.3 is 0 Å². The lowest BCUT2D eigenvalue weighted by molar-refractivity contribution is 0.00321. The van der Waals surface area contributed by atoms with Crippen LogP contribution in [-0.4, -0.2) is 18.7 Å². The molecule has 0 bridgehead atoms. The van der Waals surface area contributed by atoms with Gasteiger partial charge in [-0.05, 0) is 30.6 Å². The number of nitrogens with zero attached hydrogens (tertiary/aromatic N) is 1. The zero-order chi connectivity index (χ0) is 9.90. The summed E-state index contributed by atoms with van der Waals surface area (Å²) in [5.41, 5.74) is 0.445. The third-order valence-electron chi connectivity index (χ3n) is 3.28. The molecule has 0 aromatic rings. The van der Waals surface area contributed by atoms with Gasteiger partial charge in [0.15, 0.2) is 0 Å². The second-order valence-corrected chi connectivity index (χ2v) is 4.95. The maximum atomic E-state index is 12.5. The van der Waals surface area contributed by atoms with E-state index >= 15 is 0 Å². The fourth-order valence-electron chi connectivity index (χ4n) is 2.57.